The number of fused-ring (bicyclic) bond motifs is 1. The van der Waals surface area contributed by atoms with Crippen LogP contribution in [-0.4, -0.2) is 55.7 Å². The number of hydrogen-bond donors (Lipinski definition) is 0. The Morgan fingerprint density at radius 2 is 1.70 bits per heavy atom. The van der Waals surface area contributed by atoms with Gasteiger partial charge in [0.1, 0.15) is 5.82 Å². The molecular weight excluding hydrogens is 291 g/mol. The van der Waals surface area contributed by atoms with Gasteiger partial charge in [-0.15, -0.1) is 0 Å². The van der Waals surface area contributed by atoms with Crippen molar-refractivity contribution in [3.05, 3.63) is 35.6 Å². The van der Waals surface area contributed by atoms with Crippen LogP contribution in [-0.2, 0) is 11.3 Å². The van der Waals surface area contributed by atoms with Crippen LogP contribution < -0.4 is 0 Å². The first-order chi connectivity index (χ1) is 11.3. The number of halogens is 1. The number of ether oxygens (including phenoxy) is 1. The summed E-state index contributed by atoms with van der Waals surface area (Å²) in [6.07, 6.45) is 2.47. The number of benzene rings is 1. The molecule has 3 fully saturated rings. The maximum absolute atomic E-state index is 13.3. The van der Waals surface area contributed by atoms with E-state index in [1.165, 1.54) is 51.6 Å². The molecule has 3 nitrogen and oxygen atoms in total. The lowest BCUT2D eigenvalue weighted by atomic mass is 10.00. The molecule has 0 bridgehead atoms. The van der Waals surface area contributed by atoms with E-state index in [-0.39, 0.29) is 5.82 Å². The molecule has 0 amide bonds. The van der Waals surface area contributed by atoms with Gasteiger partial charge in [-0.3, -0.25) is 4.90 Å². The molecule has 1 aromatic carbocycles. The van der Waals surface area contributed by atoms with Crippen molar-refractivity contribution in [3.63, 3.8) is 0 Å². The van der Waals surface area contributed by atoms with Gasteiger partial charge in [0.15, 0.2) is 0 Å². The van der Waals surface area contributed by atoms with E-state index < -0.39 is 0 Å². The van der Waals surface area contributed by atoms with Crippen molar-refractivity contribution in [2.24, 2.45) is 17.8 Å². The topological polar surface area (TPSA) is 15.7 Å². The quantitative estimate of drug-likeness (QED) is 0.849. The first-order valence-electron chi connectivity index (χ1n) is 9.03. The predicted molar refractivity (Wildman–Crippen MR) is 88.6 cm³/mol. The molecule has 126 valence electrons. The van der Waals surface area contributed by atoms with Gasteiger partial charge < -0.3 is 9.64 Å². The molecule has 4 heteroatoms. The van der Waals surface area contributed by atoms with Gasteiger partial charge in [0.25, 0.3) is 0 Å². The van der Waals surface area contributed by atoms with Crippen LogP contribution in [0.3, 0.4) is 0 Å². The summed E-state index contributed by atoms with van der Waals surface area (Å²) in [5, 5.41) is 0. The van der Waals surface area contributed by atoms with Gasteiger partial charge in [-0.25, -0.2) is 4.39 Å². The molecule has 0 radical (unpaired) electrons. The Labute approximate surface area is 138 Å². The summed E-state index contributed by atoms with van der Waals surface area (Å²) in [5.74, 6) is 2.34. The Bertz CT molecular complexity index is 518. The normalized spacial score (nSPS) is 30.0. The maximum Gasteiger partial charge on any atom is 0.123 e. The highest BCUT2D eigenvalue weighted by molar-refractivity contribution is 5.16. The zero-order chi connectivity index (χ0) is 15.6. The SMILES string of the molecule is Fc1cccc(CN2C[C@@H]3CN(CC4CCOCC4)C[C@@H]3C2)c1. The van der Waals surface area contributed by atoms with Crippen LogP contribution in [0, 0.1) is 23.6 Å². The molecule has 3 aliphatic rings. The minimum atomic E-state index is -0.121. The van der Waals surface area contributed by atoms with E-state index in [9.17, 15) is 4.39 Å². The molecule has 23 heavy (non-hydrogen) atoms. The van der Waals surface area contributed by atoms with E-state index in [2.05, 4.69) is 9.80 Å². The molecule has 0 unspecified atom stereocenters. The van der Waals surface area contributed by atoms with Crippen molar-refractivity contribution in [1.82, 2.24) is 9.80 Å². The average Bonchev–Trinajstić information content (AvgIpc) is 3.06. The first-order valence-corrected chi connectivity index (χ1v) is 9.03. The molecule has 3 aliphatic heterocycles. The molecule has 0 saturated carbocycles. The average molecular weight is 318 g/mol. The second kappa shape index (κ2) is 6.88. The maximum atomic E-state index is 13.3. The minimum absolute atomic E-state index is 0.121. The highest BCUT2D eigenvalue weighted by atomic mass is 19.1. The van der Waals surface area contributed by atoms with Crippen molar-refractivity contribution in [1.29, 1.82) is 0 Å². The smallest absolute Gasteiger partial charge is 0.123 e. The Hall–Kier alpha value is -0.970. The minimum Gasteiger partial charge on any atom is -0.381 e. The fourth-order valence-electron chi connectivity index (χ4n) is 4.65. The van der Waals surface area contributed by atoms with Crippen LogP contribution in [0.15, 0.2) is 24.3 Å². The van der Waals surface area contributed by atoms with Gasteiger partial charge in [-0.05, 0) is 48.3 Å². The van der Waals surface area contributed by atoms with E-state index >= 15 is 0 Å². The van der Waals surface area contributed by atoms with Gasteiger partial charge in [-0.1, -0.05) is 12.1 Å². The Morgan fingerprint density at radius 3 is 2.39 bits per heavy atom. The zero-order valence-electron chi connectivity index (χ0n) is 13.8. The molecule has 3 saturated heterocycles. The molecule has 2 atom stereocenters. The summed E-state index contributed by atoms with van der Waals surface area (Å²) in [5.41, 5.74) is 1.10. The van der Waals surface area contributed by atoms with Gasteiger partial charge >= 0.3 is 0 Å². The van der Waals surface area contributed by atoms with Gasteiger partial charge in [0, 0.05) is 52.5 Å². The van der Waals surface area contributed by atoms with Crippen molar-refractivity contribution in [2.75, 3.05) is 45.9 Å². The first kappa shape index (κ1) is 15.6. The summed E-state index contributed by atoms with van der Waals surface area (Å²) >= 11 is 0. The lowest BCUT2D eigenvalue weighted by molar-refractivity contribution is 0.0541. The molecule has 0 N–H and O–H groups in total. The highest BCUT2D eigenvalue weighted by Gasteiger charge is 2.40. The van der Waals surface area contributed by atoms with E-state index in [0.717, 1.165) is 43.1 Å². The molecule has 1 aromatic rings. The van der Waals surface area contributed by atoms with E-state index in [0.29, 0.717) is 0 Å². The lowest BCUT2D eigenvalue weighted by Gasteiger charge is -2.28. The van der Waals surface area contributed by atoms with Crippen LogP contribution in [0.5, 0.6) is 0 Å². The molecular formula is C19H27FN2O. The Morgan fingerprint density at radius 1 is 1.00 bits per heavy atom. The highest BCUT2D eigenvalue weighted by Crippen LogP contribution is 2.33. The molecule has 0 spiro atoms. The van der Waals surface area contributed by atoms with Gasteiger partial charge in [-0.2, -0.15) is 0 Å². The van der Waals surface area contributed by atoms with Crippen molar-refractivity contribution >= 4 is 0 Å². The van der Waals surface area contributed by atoms with E-state index in [1.807, 2.05) is 12.1 Å². The van der Waals surface area contributed by atoms with Gasteiger partial charge in [0.2, 0.25) is 0 Å². The number of nitrogens with zero attached hydrogens (tertiary/aromatic N) is 2. The summed E-state index contributed by atoms with van der Waals surface area (Å²) in [6.45, 7) is 8.91. The number of rotatable bonds is 4. The third-order valence-electron chi connectivity index (χ3n) is 5.79. The Balaban J connectivity index is 1.26. The Kier molecular flexibility index (Phi) is 4.65. The summed E-state index contributed by atoms with van der Waals surface area (Å²) < 4.78 is 18.8. The third-order valence-corrected chi connectivity index (χ3v) is 5.79. The van der Waals surface area contributed by atoms with Crippen molar-refractivity contribution in [3.8, 4) is 0 Å². The molecule has 0 aromatic heterocycles. The second-order valence-electron chi connectivity index (χ2n) is 7.62. The standard InChI is InChI=1S/C19H27FN2O/c20-19-3-1-2-16(8-19)10-22-13-17-11-21(12-18(17)14-22)9-15-4-6-23-7-5-15/h1-3,8,15,17-18H,4-7,9-14H2/t17-,18+. The summed E-state index contributed by atoms with van der Waals surface area (Å²) in [6, 6.07) is 7.05. The second-order valence-corrected chi connectivity index (χ2v) is 7.62. The van der Waals surface area contributed by atoms with Crippen LogP contribution >= 0.6 is 0 Å². The summed E-state index contributed by atoms with van der Waals surface area (Å²) in [4.78, 5) is 5.20. The third kappa shape index (κ3) is 3.76. The molecule has 4 rings (SSSR count). The van der Waals surface area contributed by atoms with Crippen LogP contribution in [0.4, 0.5) is 4.39 Å². The van der Waals surface area contributed by atoms with Crippen LogP contribution in [0.2, 0.25) is 0 Å². The van der Waals surface area contributed by atoms with Crippen molar-refractivity contribution in [2.45, 2.75) is 19.4 Å². The largest absolute Gasteiger partial charge is 0.381 e. The van der Waals surface area contributed by atoms with Crippen LogP contribution in [0.1, 0.15) is 18.4 Å². The van der Waals surface area contributed by atoms with Crippen LogP contribution in [0.25, 0.3) is 0 Å². The number of hydrogen-bond acceptors (Lipinski definition) is 3. The fourth-order valence-corrected chi connectivity index (χ4v) is 4.65. The number of likely N-dealkylation sites (tertiary alicyclic amines) is 2. The molecule has 3 heterocycles. The fraction of sp³-hybridized carbons (Fsp3) is 0.684. The van der Waals surface area contributed by atoms with E-state index in [1.54, 1.807) is 6.07 Å². The molecule has 0 aliphatic carbocycles. The predicted octanol–water partition coefficient (Wildman–Crippen LogP) is 2.62. The zero-order valence-corrected chi connectivity index (χ0v) is 13.8. The van der Waals surface area contributed by atoms with Crippen molar-refractivity contribution < 1.29 is 9.13 Å². The summed E-state index contributed by atoms with van der Waals surface area (Å²) in [7, 11) is 0. The van der Waals surface area contributed by atoms with Gasteiger partial charge in [0.05, 0.1) is 0 Å². The monoisotopic (exact) mass is 318 g/mol. The van der Waals surface area contributed by atoms with E-state index in [4.69, 9.17) is 4.74 Å². The lowest BCUT2D eigenvalue weighted by Crippen LogP contribution is -2.34.